The van der Waals surface area contributed by atoms with Crippen LogP contribution < -0.4 is 0 Å². The quantitative estimate of drug-likeness (QED) is 0.247. The number of allylic oxidation sites excluding steroid dienone is 2. The van der Waals surface area contributed by atoms with E-state index in [1.165, 1.54) is 31.6 Å². The summed E-state index contributed by atoms with van der Waals surface area (Å²) in [6.45, 7) is 8.69. The summed E-state index contributed by atoms with van der Waals surface area (Å²) in [5.74, 6) is -0.252. The number of benzene rings is 2. The fourth-order valence-corrected chi connectivity index (χ4v) is 2.73. The number of hydrogen-bond acceptors (Lipinski definition) is 3. The zero-order valence-electron chi connectivity index (χ0n) is 16.6. The van der Waals surface area contributed by atoms with Crippen molar-refractivity contribution in [3.05, 3.63) is 76.8 Å². The normalized spacial score (nSPS) is 10.7. The first kappa shape index (κ1) is 23.7. The molecule has 0 amide bonds. The van der Waals surface area contributed by atoms with Gasteiger partial charge in [-0.3, -0.25) is 9.78 Å². The second-order valence-electron chi connectivity index (χ2n) is 6.64. The van der Waals surface area contributed by atoms with Crippen LogP contribution in [0.2, 0.25) is 0 Å². The van der Waals surface area contributed by atoms with Gasteiger partial charge >= 0.3 is 0 Å². The van der Waals surface area contributed by atoms with E-state index in [1.807, 2.05) is 19.1 Å². The van der Waals surface area contributed by atoms with Crippen molar-refractivity contribution in [3.63, 3.8) is 0 Å². The number of pyridine rings is 1. The van der Waals surface area contributed by atoms with E-state index in [9.17, 15) is 9.18 Å². The van der Waals surface area contributed by atoms with E-state index < -0.39 is 0 Å². The summed E-state index contributed by atoms with van der Waals surface area (Å²) >= 11 is 0. The molecular formula is C23H23FIrNO2-. The molecule has 3 aromatic rings. The molecule has 0 fully saturated rings. The largest absolute Gasteiger partial charge is 0.512 e. The molecule has 1 aromatic heterocycles. The van der Waals surface area contributed by atoms with E-state index in [4.69, 9.17) is 5.11 Å². The Morgan fingerprint density at radius 1 is 1.11 bits per heavy atom. The summed E-state index contributed by atoms with van der Waals surface area (Å²) in [5.41, 5.74) is 5.56. The number of aryl methyl sites for hydroxylation is 3. The van der Waals surface area contributed by atoms with Crippen LogP contribution in [0.5, 0.6) is 0 Å². The smallest absolute Gasteiger partial charge is 0.155 e. The summed E-state index contributed by atoms with van der Waals surface area (Å²) in [6.07, 6.45) is 1.17. The number of halogens is 1. The van der Waals surface area contributed by atoms with Gasteiger partial charge in [-0.15, -0.1) is 34.9 Å². The third kappa shape index (κ3) is 6.66. The topological polar surface area (TPSA) is 50.2 Å². The first-order valence-electron chi connectivity index (χ1n) is 8.61. The predicted octanol–water partition coefficient (Wildman–Crippen LogP) is 5.80. The van der Waals surface area contributed by atoms with Crippen LogP contribution in [0.15, 0.2) is 48.2 Å². The molecule has 0 saturated carbocycles. The monoisotopic (exact) mass is 557 g/mol. The molecule has 5 heteroatoms. The zero-order valence-corrected chi connectivity index (χ0v) is 19.0. The number of fused-ring (bicyclic) bond motifs is 1. The van der Waals surface area contributed by atoms with Crippen LogP contribution in [0.1, 0.15) is 30.5 Å². The van der Waals surface area contributed by atoms with Crippen LogP contribution in [0.4, 0.5) is 4.39 Å². The molecule has 28 heavy (non-hydrogen) atoms. The van der Waals surface area contributed by atoms with Crippen LogP contribution in [-0.4, -0.2) is 15.9 Å². The third-order valence-electron chi connectivity index (χ3n) is 3.81. The van der Waals surface area contributed by atoms with Gasteiger partial charge in [-0.1, -0.05) is 26.0 Å². The molecule has 0 saturated heterocycles. The summed E-state index contributed by atoms with van der Waals surface area (Å²) in [5, 5.41) is 9.18. The van der Waals surface area contributed by atoms with E-state index in [2.05, 4.69) is 30.1 Å². The number of carbonyl (C=O) groups excluding carboxylic acids is 1. The Morgan fingerprint density at radius 3 is 2.32 bits per heavy atom. The average molecular weight is 557 g/mol. The number of hydrogen-bond donors (Lipinski definition) is 1. The van der Waals surface area contributed by atoms with Crippen molar-refractivity contribution in [3.8, 4) is 11.3 Å². The van der Waals surface area contributed by atoms with Crippen LogP contribution >= 0.6 is 0 Å². The summed E-state index contributed by atoms with van der Waals surface area (Å²) < 4.78 is 13.5. The molecule has 149 valence electrons. The molecule has 0 unspecified atom stereocenters. The van der Waals surface area contributed by atoms with Gasteiger partial charge in [0.05, 0.1) is 11.3 Å². The summed E-state index contributed by atoms with van der Waals surface area (Å²) in [4.78, 5) is 14.6. The fourth-order valence-electron chi connectivity index (χ4n) is 2.73. The minimum Gasteiger partial charge on any atom is -0.512 e. The van der Waals surface area contributed by atoms with Gasteiger partial charge in [0.2, 0.25) is 0 Å². The maximum Gasteiger partial charge on any atom is 0.155 e. The van der Waals surface area contributed by atoms with Gasteiger partial charge in [-0.05, 0) is 44.2 Å². The Hall–Kier alpha value is -2.36. The standard InChI is InChI=1S/C18H15FN.C5H8O2.Ir/c1-11-6-12(2)8-15(7-11)17-5-4-14-10-16(19)13(3)9-18(14)20-17;1-4(6)3-5(2)7;/h4-7,9-10H,1-3H3;3,6H,1-2H3;/q-1;;/b;4-3-;. The first-order chi connectivity index (χ1) is 12.7. The number of nitrogens with zero attached hydrogens (tertiary/aromatic N) is 1. The molecule has 0 aliphatic carbocycles. The maximum absolute atomic E-state index is 13.5. The Labute approximate surface area is 178 Å². The minimum absolute atomic E-state index is 0. The Kier molecular flexibility index (Phi) is 8.67. The number of rotatable bonds is 2. The van der Waals surface area contributed by atoms with Gasteiger partial charge in [0, 0.05) is 31.6 Å². The summed E-state index contributed by atoms with van der Waals surface area (Å²) in [6, 6.07) is 14.6. The first-order valence-corrected chi connectivity index (χ1v) is 8.61. The average Bonchev–Trinajstić information content (AvgIpc) is 2.54. The zero-order chi connectivity index (χ0) is 20.1. The molecule has 1 heterocycles. The molecule has 3 rings (SSSR count). The molecule has 3 nitrogen and oxygen atoms in total. The fraction of sp³-hybridized carbons (Fsp3) is 0.217. The van der Waals surface area contributed by atoms with Crippen LogP contribution in [0.25, 0.3) is 22.2 Å². The summed E-state index contributed by atoms with van der Waals surface area (Å²) in [7, 11) is 0. The van der Waals surface area contributed by atoms with E-state index in [0.29, 0.717) is 5.56 Å². The number of carbonyl (C=O) groups is 1. The number of aliphatic hydroxyl groups excluding tert-OH is 1. The molecule has 0 aliphatic rings. The molecular weight excluding hydrogens is 533 g/mol. The second kappa shape index (κ2) is 10.3. The van der Waals surface area contributed by atoms with Gasteiger partial charge in [0.25, 0.3) is 0 Å². The third-order valence-corrected chi connectivity index (χ3v) is 3.81. The van der Waals surface area contributed by atoms with Gasteiger partial charge in [0.15, 0.2) is 5.78 Å². The Morgan fingerprint density at radius 2 is 1.79 bits per heavy atom. The van der Waals surface area contributed by atoms with E-state index >= 15 is 0 Å². The van der Waals surface area contributed by atoms with Gasteiger partial charge in [0.1, 0.15) is 5.82 Å². The molecule has 1 radical (unpaired) electrons. The van der Waals surface area contributed by atoms with Crippen LogP contribution in [-0.2, 0) is 24.9 Å². The Bertz CT molecular complexity index is 1000. The number of ketones is 1. The van der Waals surface area contributed by atoms with E-state index in [0.717, 1.165) is 27.7 Å². The van der Waals surface area contributed by atoms with Crippen molar-refractivity contribution in [2.45, 2.75) is 34.6 Å². The number of aliphatic hydroxyl groups is 1. The molecule has 2 aromatic carbocycles. The molecule has 0 atom stereocenters. The SMILES string of the molecule is CC(=O)/C=C(/C)O.Cc1[c-]c(-c2ccc3cc(F)c(C)cc3n2)cc(C)c1.[Ir]. The second-order valence-corrected chi connectivity index (χ2v) is 6.64. The van der Waals surface area contributed by atoms with E-state index in [1.54, 1.807) is 13.0 Å². The van der Waals surface area contributed by atoms with Gasteiger partial charge < -0.3 is 5.11 Å². The molecule has 0 aliphatic heterocycles. The Balaban J connectivity index is 0.000000425. The molecule has 1 N–H and O–H groups in total. The maximum atomic E-state index is 13.5. The van der Waals surface area contributed by atoms with Crippen LogP contribution in [0, 0.1) is 32.7 Å². The van der Waals surface area contributed by atoms with Crippen molar-refractivity contribution < 1.29 is 34.4 Å². The number of aromatic nitrogens is 1. The van der Waals surface area contributed by atoms with Crippen molar-refractivity contribution in [1.82, 2.24) is 4.98 Å². The predicted molar refractivity (Wildman–Crippen MR) is 107 cm³/mol. The molecule has 0 spiro atoms. The van der Waals surface area contributed by atoms with Gasteiger partial charge in [-0.2, -0.15) is 0 Å². The molecule has 0 bridgehead atoms. The van der Waals surface area contributed by atoms with Crippen LogP contribution in [0.3, 0.4) is 0 Å². The van der Waals surface area contributed by atoms with E-state index in [-0.39, 0.29) is 37.5 Å². The van der Waals surface area contributed by atoms with Crippen molar-refractivity contribution >= 4 is 16.7 Å². The minimum atomic E-state index is -0.190. The van der Waals surface area contributed by atoms with Crippen molar-refractivity contribution in [2.75, 3.05) is 0 Å². The van der Waals surface area contributed by atoms with Crippen molar-refractivity contribution in [1.29, 1.82) is 0 Å². The van der Waals surface area contributed by atoms with Gasteiger partial charge in [-0.25, -0.2) is 4.39 Å². The van der Waals surface area contributed by atoms with Crippen molar-refractivity contribution in [2.24, 2.45) is 0 Å².